The number of carbonyl (C=O) groups is 1. The zero-order valence-electron chi connectivity index (χ0n) is 9.18. The second kappa shape index (κ2) is 4.74. The minimum atomic E-state index is -0.379. The normalized spacial score (nSPS) is 10.0. The summed E-state index contributed by atoms with van der Waals surface area (Å²) >= 11 is 0. The van der Waals surface area contributed by atoms with Gasteiger partial charge in [0.15, 0.2) is 6.29 Å². The zero-order chi connectivity index (χ0) is 12.3. The number of hydrogen-bond acceptors (Lipinski definition) is 3. The number of benzene rings is 1. The van der Waals surface area contributed by atoms with E-state index in [2.05, 4.69) is 4.98 Å². The molecule has 0 aliphatic heterocycles. The number of ether oxygens (including phenoxy) is 1. The molecule has 0 saturated carbocycles. The van der Waals surface area contributed by atoms with Crippen molar-refractivity contribution in [2.45, 2.75) is 0 Å². The molecule has 0 atom stereocenters. The molecule has 0 saturated heterocycles. The van der Waals surface area contributed by atoms with E-state index >= 15 is 0 Å². The van der Waals surface area contributed by atoms with Crippen LogP contribution in [0, 0.1) is 5.82 Å². The van der Waals surface area contributed by atoms with E-state index in [1.54, 1.807) is 24.3 Å². The van der Waals surface area contributed by atoms with Crippen molar-refractivity contribution in [1.82, 2.24) is 4.98 Å². The number of carbonyl (C=O) groups excluding carboxylic acids is 1. The van der Waals surface area contributed by atoms with Crippen molar-refractivity contribution in [2.75, 3.05) is 7.11 Å². The van der Waals surface area contributed by atoms with E-state index in [1.165, 1.54) is 19.4 Å². The summed E-state index contributed by atoms with van der Waals surface area (Å²) in [6, 6.07) is 7.83. The predicted molar refractivity (Wildman–Crippen MR) is 61.6 cm³/mol. The average Bonchev–Trinajstić information content (AvgIpc) is 2.38. The summed E-state index contributed by atoms with van der Waals surface area (Å²) in [5, 5.41) is 0. The van der Waals surface area contributed by atoms with Gasteiger partial charge in [-0.3, -0.25) is 4.79 Å². The largest absolute Gasteiger partial charge is 0.481 e. The van der Waals surface area contributed by atoms with Crippen molar-refractivity contribution in [2.24, 2.45) is 0 Å². The lowest BCUT2D eigenvalue weighted by Gasteiger charge is -2.08. The van der Waals surface area contributed by atoms with Crippen LogP contribution in [0.3, 0.4) is 0 Å². The number of nitrogens with zero attached hydrogens (tertiary/aromatic N) is 1. The van der Waals surface area contributed by atoms with E-state index in [0.29, 0.717) is 28.9 Å². The summed E-state index contributed by atoms with van der Waals surface area (Å²) in [6.45, 7) is 0. The van der Waals surface area contributed by atoms with Gasteiger partial charge in [0.25, 0.3) is 0 Å². The van der Waals surface area contributed by atoms with Gasteiger partial charge in [-0.2, -0.15) is 0 Å². The summed E-state index contributed by atoms with van der Waals surface area (Å²) in [4.78, 5) is 14.7. The van der Waals surface area contributed by atoms with Crippen LogP contribution in [-0.4, -0.2) is 18.4 Å². The SMILES string of the molecule is COc1ncc(C=O)cc1-c1ccccc1F. The van der Waals surface area contributed by atoms with Crippen LogP contribution in [0.15, 0.2) is 36.5 Å². The quantitative estimate of drug-likeness (QED) is 0.762. The van der Waals surface area contributed by atoms with Crippen LogP contribution >= 0.6 is 0 Å². The van der Waals surface area contributed by atoms with Crippen LogP contribution in [0.5, 0.6) is 5.88 Å². The third kappa shape index (κ3) is 2.15. The highest BCUT2D eigenvalue weighted by molar-refractivity contribution is 5.80. The van der Waals surface area contributed by atoms with Crippen molar-refractivity contribution in [3.63, 3.8) is 0 Å². The first kappa shape index (κ1) is 11.3. The molecule has 86 valence electrons. The van der Waals surface area contributed by atoms with Gasteiger partial charge in [0, 0.05) is 22.9 Å². The molecule has 0 N–H and O–H groups in total. The molecule has 2 aromatic rings. The van der Waals surface area contributed by atoms with Gasteiger partial charge >= 0.3 is 0 Å². The average molecular weight is 231 g/mol. The molecule has 4 heteroatoms. The van der Waals surface area contributed by atoms with Crippen LogP contribution in [0.4, 0.5) is 4.39 Å². The molecule has 1 aromatic heterocycles. The lowest BCUT2D eigenvalue weighted by molar-refractivity contribution is 0.112. The van der Waals surface area contributed by atoms with Crippen LogP contribution in [0.25, 0.3) is 11.1 Å². The van der Waals surface area contributed by atoms with Gasteiger partial charge in [-0.1, -0.05) is 18.2 Å². The van der Waals surface area contributed by atoms with Gasteiger partial charge in [0.2, 0.25) is 5.88 Å². The lowest BCUT2D eigenvalue weighted by atomic mass is 10.1. The Morgan fingerprint density at radius 2 is 2.06 bits per heavy atom. The second-order valence-electron chi connectivity index (χ2n) is 3.42. The molecule has 0 spiro atoms. The molecular weight excluding hydrogens is 221 g/mol. The predicted octanol–water partition coefficient (Wildman–Crippen LogP) is 2.71. The highest BCUT2D eigenvalue weighted by Gasteiger charge is 2.11. The van der Waals surface area contributed by atoms with Crippen LogP contribution in [0.2, 0.25) is 0 Å². The van der Waals surface area contributed by atoms with Crippen LogP contribution in [0.1, 0.15) is 10.4 Å². The molecule has 2 rings (SSSR count). The lowest BCUT2D eigenvalue weighted by Crippen LogP contribution is -1.95. The fraction of sp³-hybridized carbons (Fsp3) is 0.0769. The monoisotopic (exact) mass is 231 g/mol. The van der Waals surface area contributed by atoms with Crippen molar-refractivity contribution >= 4 is 6.29 Å². The maximum Gasteiger partial charge on any atom is 0.221 e. The standard InChI is InChI=1S/C13H10FNO2/c1-17-13-11(6-9(8-16)7-15-13)10-4-2-3-5-12(10)14/h2-8H,1H3. The first-order valence-electron chi connectivity index (χ1n) is 5.00. The Bertz CT molecular complexity index is 555. The summed E-state index contributed by atoms with van der Waals surface area (Å²) in [5.74, 6) is -0.0867. The molecule has 0 aliphatic rings. The fourth-order valence-electron chi connectivity index (χ4n) is 1.57. The minimum Gasteiger partial charge on any atom is -0.481 e. The molecule has 1 heterocycles. The Labute approximate surface area is 97.9 Å². The summed E-state index contributed by atoms with van der Waals surface area (Å²) in [6.07, 6.45) is 2.05. The molecule has 0 aliphatic carbocycles. The highest BCUT2D eigenvalue weighted by Crippen LogP contribution is 2.30. The third-order valence-corrected chi connectivity index (χ3v) is 2.37. The molecule has 0 unspecified atom stereocenters. The summed E-state index contributed by atoms with van der Waals surface area (Å²) < 4.78 is 18.7. The first-order chi connectivity index (χ1) is 8.26. The summed E-state index contributed by atoms with van der Waals surface area (Å²) in [5.41, 5.74) is 1.21. The maximum absolute atomic E-state index is 13.7. The summed E-state index contributed by atoms with van der Waals surface area (Å²) in [7, 11) is 1.45. The zero-order valence-corrected chi connectivity index (χ0v) is 9.18. The molecule has 3 nitrogen and oxygen atoms in total. The Balaban J connectivity index is 2.64. The Morgan fingerprint density at radius 1 is 1.29 bits per heavy atom. The molecule has 1 aromatic carbocycles. The fourth-order valence-corrected chi connectivity index (χ4v) is 1.57. The number of aromatic nitrogens is 1. The van der Waals surface area contributed by atoms with Crippen molar-refractivity contribution in [1.29, 1.82) is 0 Å². The van der Waals surface area contributed by atoms with E-state index in [0.717, 1.165) is 0 Å². The van der Waals surface area contributed by atoms with Gasteiger partial charge in [-0.15, -0.1) is 0 Å². The van der Waals surface area contributed by atoms with Crippen molar-refractivity contribution < 1.29 is 13.9 Å². The Kier molecular flexibility index (Phi) is 3.14. The van der Waals surface area contributed by atoms with Gasteiger partial charge in [0.05, 0.1) is 7.11 Å². The van der Waals surface area contributed by atoms with Gasteiger partial charge in [0.1, 0.15) is 5.82 Å². The van der Waals surface area contributed by atoms with E-state index in [9.17, 15) is 9.18 Å². The Hall–Kier alpha value is -2.23. The molecule has 0 radical (unpaired) electrons. The highest BCUT2D eigenvalue weighted by atomic mass is 19.1. The molecule has 0 fully saturated rings. The van der Waals surface area contributed by atoms with Crippen molar-refractivity contribution in [3.05, 3.63) is 47.9 Å². The smallest absolute Gasteiger partial charge is 0.221 e. The van der Waals surface area contributed by atoms with E-state index in [-0.39, 0.29) is 5.82 Å². The number of aldehydes is 1. The third-order valence-electron chi connectivity index (χ3n) is 2.37. The second-order valence-corrected chi connectivity index (χ2v) is 3.42. The van der Waals surface area contributed by atoms with Crippen LogP contribution in [-0.2, 0) is 0 Å². The van der Waals surface area contributed by atoms with Gasteiger partial charge in [-0.05, 0) is 12.1 Å². The Morgan fingerprint density at radius 3 is 2.71 bits per heavy atom. The topological polar surface area (TPSA) is 39.2 Å². The number of hydrogen-bond donors (Lipinski definition) is 0. The number of rotatable bonds is 3. The molecule has 17 heavy (non-hydrogen) atoms. The molecule has 0 bridgehead atoms. The van der Waals surface area contributed by atoms with Crippen LogP contribution < -0.4 is 4.74 Å². The maximum atomic E-state index is 13.7. The number of halogens is 1. The van der Waals surface area contributed by atoms with E-state index < -0.39 is 0 Å². The van der Waals surface area contributed by atoms with Gasteiger partial charge in [-0.25, -0.2) is 9.37 Å². The minimum absolute atomic E-state index is 0.292. The first-order valence-corrected chi connectivity index (χ1v) is 5.00. The molecular formula is C13H10FNO2. The molecule has 0 amide bonds. The number of pyridine rings is 1. The van der Waals surface area contributed by atoms with Crippen molar-refractivity contribution in [3.8, 4) is 17.0 Å². The van der Waals surface area contributed by atoms with Gasteiger partial charge < -0.3 is 4.74 Å². The van der Waals surface area contributed by atoms with E-state index in [4.69, 9.17) is 4.74 Å². The number of methoxy groups -OCH3 is 1. The van der Waals surface area contributed by atoms with E-state index in [1.807, 2.05) is 0 Å².